The Labute approximate surface area is 287 Å². The van der Waals surface area contributed by atoms with Crippen LogP contribution >= 0.6 is 24.2 Å². The number of nitrogens with zero attached hydrogens (tertiary/aromatic N) is 3. The van der Waals surface area contributed by atoms with Crippen LogP contribution < -0.4 is 10.5 Å². The summed E-state index contributed by atoms with van der Waals surface area (Å²) in [5, 5.41) is 6.76. The minimum absolute atomic E-state index is 0.295. The van der Waals surface area contributed by atoms with E-state index in [0.29, 0.717) is 19.6 Å². The summed E-state index contributed by atoms with van der Waals surface area (Å²) in [6, 6.07) is 10.5. The molecule has 46 heavy (non-hydrogen) atoms. The molecule has 0 aliphatic heterocycles. The lowest BCUT2D eigenvalue weighted by molar-refractivity contribution is -0.118. The smallest absolute Gasteiger partial charge is 0.219 e. The van der Waals surface area contributed by atoms with Crippen molar-refractivity contribution in [2.45, 2.75) is 101 Å². The molecular formula is C38H53ClN4O2S. The van der Waals surface area contributed by atoms with E-state index in [0.717, 1.165) is 80.6 Å². The Bertz CT molecular complexity index is 1640. The number of primary amides is 1. The molecule has 2 N–H and O–H groups in total. The molecule has 0 fully saturated rings. The Morgan fingerprint density at radius 1 is 1.09 bits per heavy atom. The molecule has 4 rings (SSSR count). The standard InChI is InChI=1S/C30H37ClN4O2.C6H10S.C2H6/c1-7-35-22(6)28(20(4)33-35)26-11-8-10-25-24(21(5)34(30(25)26)14-13-27(32)36)12-9-15-37-23-16-18(2)29(31)19(3)17-23;1-3-5-6(7)4-2;1-2/h8,10-11,16-17H,7,9,12-15H2,1-6H3,(H2,32,36);4-5,7H,2-3H2,1H3;1-2H3/b;6-5+;. The van der Waals surface area contributed by atoms with Crippen LogP contribution in [0.5, 0.6) is 5.75 Å². The van der Waals surface area contributed by atoms with Crippen LogP contribution in [0, 0.1) is 34.6 Å². The summed E-state index contributed by atoms with van der Waals surface area (Å²) in [5.41, 5.74) is 15.7. The number of para-hydroxylation sites is 1. The third kappa shape index (κ3) is 9.55. The van der Waals surface area contributed by atoms with Crippen molar-refractivity contribution < 1.29 is 9.53 Å². The van der Waals surface area contributed by atoms with Gasteiger partial charge in [-0.2, -0.15) is 5.10 Å². The quantitative estimate of drug-likeness (QED) is 0.0899. The summed E-state index contributed by atoms with van der Waals surface area (Å²) in [6.45, 7) is 24.0. The van der Waals surface area contributed by atoms with Crippen LogP contribution in [0.1, 0.15) is 80.7 Å². The molecule has 0 aliphatic carbocycles. The van der Waals surface area contributed by atoms with Crippen LogP contribution in [-0.2, 0) is 24.3 Å². The SMILES string of the molecule is C=C/C(S)=C\CC.CC.CCn1nc(C)c(-c2cccc3c(CCCOc4cc(C)c(Cl)c(C)c4)c(C)n(CCC(N)=O)c23)c1C. The number of ether oxygens (including phenoxy) is 1. The molecular weight excluding hydrogens is 612 g/mol. The minimum atomic E-state index is -0.298. The van der Waals surface area contributed by atoms with Crippen LogP contribution in [0.3, 0.4) is 0 Å². The van der Waals surface area contributed by atoms with Crippen molar-refractivity contribution in [2.24, 2.45) is 5.73 Å². The molecule has 2 aromatic heterocycles. The number of aromatic nitrogens is 3. The Morgan fingerprint density at radius 3 is 2.26 bits per heavy atom. The molecule has 2 aromatic carbocycles. The first-order chi connectivity index (χ1) is 21.9. The van der Waals surface area contributed by atoms with Gasteiger partial charge in [0.15, 0.2) is 0 Å². The lowest BCUT2D eigenvalue weighted by atomic mass is 9.98. The number of carbonyl (C=O) groups is 1. The summed E-state index contributed by atoms with van der Waals surface area (Å²) in [5.74, 6) is 0.551. The summed E-state index contributed by atoms with van der Waals surface area (Å²) in [6.07, 6.45) is 6.80. The molecule has 8 heteroatoms. The van der Waals surface area contributed by atoms with Gasteiger partial charge in [0.25, 0.3) is 0 Å². The highest BCUT2D eigenvalue weighted by molar-refractivity contribution is 7.84. The van der Waals surface area contributed by atoms with E-state index >= 15 is 0 Å². The zero-order chi connectivity index (χ0) is 34.6. The Morgan fingerprint density at radius 2 is 1.74 bits per heavy atom. The zero-order valence-electron chi connectivity index (χ0n) is 29.3. The van der Waals surface area contributed by atoms with Gasteiger partial charge in [-0.1, -0.05) is 69.3 Å². The van der Waals surface area contributed by atoms with Gasteiger partial charge in [-0.25, -0.2) is 0 Å². The van der Waals surface area contributed by atoms with Gasteiger partial charge in [0.05, 0.1) is 17.8 Å². The van der Waals surface area contributed by atoms with E-state index in [1.54, 1.807) is 6.08 Å². The van der Waals surface area contributed by atoms with Crippen molar-refractivity contribution in [1.82, 2.24) is 14.3 Å². The van der Waals surface area contributed by atoms with Crippen LogP contribution in [0.2, 0.25) is 5.02 Å². The number of allylic oxidation sites excluding steroid dienone is 2. The predicted octanol–water partition coefficient (Wildman–Crippen LogP) is 10.0. The number of nitrogens with two attached hydrogens (primary N) is 1. The van der Waals surface area contributed by atoms with Crippen molar-refractivity contribution >= 4 is 41.0 Å². The molecule has 0 saturated heterocycles. The van der Waals surface area contributed by atoms with Gasteiger partial charge in [0.2, 0.25) is 5.91 Å². The summed E-state index contributed by atoms with van der Waals surface area (Å²) < 4.78 is 10.4. The van der Waals surface area contributed by atoms with Gasteiger partial charge < -0.3 is 15.0 Å². The number of amides is 1. The van der Waals surface area contributed by atoms with Crippen LogP contribution in [0.15, 0.2) is 54.0 Å². The van der Waals surface area contributed by atoms with Crippen LogP contribution in [0.25, 0.3) is 22.0 Å². The number of benzene rings is 2. The highest BCUT2D eigenvalue weighted by atomic mass is 35.5. The fraction of sp³-hybridized carbons (Fsp3) is 0.421. The molecule has 1 amide bonds. The molecule has 250 valence electrons. The topological polar surface area (TPSA) is 75.1 Å². The van der Waals surface area contributed by atoms with Gasteiger partial charge in [0.1, 0.15) is 5.75 Å². The summed E-state index contributed by atoms with van der Waals surface area (Å²) in [4.78, 5) is 12.7. The van der Waals surface area contributed by atoms with Gasteiger partial charge in [0, 0.05) is 52.4 Å². The zero-order valence-corrected chi connectivity index (χ0v) is 30.9. The molecule has 0 bridgehead atoms. The molecule has 4 aromatic rings. The first kappa shape index (κ1) is 38.8. The number of carbonyl (C=O) groups excluding carboxylic acids is 1. The lowest BCUT2D eigenvalue weighted by Crippen LogP contribution is -2.14. The molecule has 0 saturated carbocycles. The first-order valence-corrected chi connectivity index (χ1v) is 17.1. The number of thiol groups is 1. The van der Waals surface area contributed by atoms with E-state index < -0.39 is 0 Å². The number of hydrogen-bond acceptors (Lipinski definition) is 4. The Balaban J connectivity index is 0.000000724. The molecule has 6 nitrogen and oxygen atoms in total. The van der Waals surface area contributed by atoms with E-state index in [9.17, 15) is 4.79 Å². The van der Waals surface area contributed by atoms with Crippen molar-refractivity contribution in [3.05, 3.63) is 92.8 Å². The molecule has 0 atom stereocenters. The van der Waals surface area contributed by atoms with E-state index in [-0.39, 0.29) is 5.91 Å². The largest absolute Gasteiger partial charge is 0.494 e. The van der Waals surface area contributed by atoms with E-state index in [1.807, 2.05) is 50.6 Å². The fourth-order valence-corrected chi connectivity index (χ4v) is 6.03. The molecule has 0 spiro atoms. The van der Waals surface area contributed by atoms with Gasteiger partial charge in [-0.15, -0.1) is 12.6 Å². The molecule has 0 aliphatic rings. The number of hydrogen-bond donors (Lipinski definition) is 2. The van der Waals surface area contributed by atoms with E-state index in [1.165, 1.54) is 16.6 Å². The number of fused-ring (bicyclic) bond motifs is 1. The number of aryl methyl sites for hydroxylation is 6. The van der Waals surface area contributed by atoms with Gasteiger partial charge in [-0.05, 0) is 94.5 Å². The normalized spacial score (nSPS) is 11.1. The van der Waals surface area contributed by atoms with E-state index in [2.05, 4.69) is 76.6 Å². The minimum Gasteiger partial charge on any atom is -0.494 e. The molecule has 0 unspecified atom stereocenters. The maximum Gasteiger partial charge on any atom is 0.219 e. The van der Waals surface area contributed by atoms with Crippen molar-refractivity contribution in [3.63, 3.8) is 0 Å². The third-order valence-corrected chi connectivity index (χ3v) is 8.84. The second-order valence-corrected chi connectivity index (χ2v) is 12.0. The molecule has 2 heterocycles. The first-order valence-electron chi connectivity index (χ1n) is 16.3. The Kier molecular flexibility index (Phi) is 15.7. The van der Waals surface area contributed by atoms with Crippen LogP contribution in [0.4, 0.5) is 0 Å². The highest BCUT2D eigenvalue weighted by Gasteiger charge is 2.21. The predicted molar refractivity (Wildman–Crippen MR) is 201 cm³/mol. The summed E-state index contributed by atoms with van der Waals surface area (Å²) >= 11 is 10.4. The lowest BCUT2D eigenvalue weighted by Gasteiger charge is -2.12. The molecule has 0 radical (unpaired) electrons. The number of rotatable bonds is 12. The van der Waals surface area contributed by atoms with Crippen molar-refractivity contribution in [2.75, 3.05) is 6.61 Å². The van der Waals surface area contributed by atoms with Crippen molar-refractivity contribution in [1.29, 1.82) is 0 Å². The average molecular weight is 665 g/mol. The third-order valence-electron chi connectivity index (χ3n) is 7.88. The average Bonchev–Trinajstić information content (AvgIpc) is 3.48. The van der Waals surface area contributed by atoms with Gasteiger partial charge in [-0.3, -0.25) is 9.48 Å². The maximum atomic E-state index is 11.7. The second kappa shape index (κ2) is 18.7. The van der Waals surface area contributed by atoms with Crippen LogP contribution in [-0.4, -0.2) is 26.9 Å². The van der Waals surface area contributed by atoms with E-state index in [4.69, 9.17) is 27.2 Å². The number of halogens is 1. The maximum absolute atomic E-state index is 11.7. The summed E-state index contributed by atoms with van der Waals surface area (Å²) in [7, 11) is 0. The highest BCUT2D eigenvalue weighted by Crippen LogP contribution is 2.38. The monoisotopic (exact) mass is 664 g/mol. The fourth-order valence-electron chi connectivity index (χ4n) is 5.74. The second-order valence-electron chi connectivity index (χ2n) is 11.1. The Hall–Kier alpha value is -3.42. The van der Waals surface area contributed by atoms with Gasteiger partial charge >= 0.3 is 0 Å². The van der Waals surface area contributed by atoms with Crippen molar-refractivity contribution in [3.8, 4) is 16.9 Å².